The second-order valence-corrected chi connectivity index (χ2v) is 5.11. The van der Waals surface area contributed by atoms with E-state index >= 15 is 0 Å². The van der Waals surface area contributed by atoms with Gasteiger partial charge in [0.2, 0.25) is 0 Å². The third-order valence-electron chi connectivity index (χ3n) is 3.63. The molecule has 1 aliphatic heterocycles. The van der Waals surface area contributed by atoms with Crippen molar-refractivity contribution in [2.75, 3.05) is 52.4 Å². The zero-order valence-corrected chi connectivity index (χ0v) is 12.3. The van der Waals surface area contributed by atoms with Gasteiger partial charge in [-0.1, -0.05) is 6.92 Å². The van der Waals surface area contributed by atoms with E-state index in [-0.39, 0.29) is 19.2 Å². The molecule has 0 aromatic carbocycles. The summed E-state index contributed by atoms with van der Waals surface area (Å²) in [5.41, 5.74) is 0. The van der Waals surface area contributed by atoms with Gasteiger partial charge in [0, 0.05) is 45.8 Å². The molecule has 1 heterocycles. The normalized spacial score (nSPS) is 17.9. The van der Waals surface area contributed by atoms with Crippen molar-refractivity contribution in [3.63, 3.8) is 0 Å². The first-order valence-electron chi connectivity index (χ1n) is 7.09. The minimum Gasteiger partial charge on any atom is -0.481 e. The number of aliphatic hydroxyl groups excluding tert-OH is 1. The number of hydrogen-bond donors (Lipinski definition) is 2. The van der Waals surface area contributed by atoms with Gasteiger partial charge in [-0.05, 0) is 6.92 Å². The first-order chi connectivity index (χ1) is 9.49. The summed E-state index contributed by atoms with van der Waals surface area (Å²) >= 11 is 0. The molecule has 0 aromatic heterocycles. The van der Waals surface area contributed by atoms with Crippen molar-refractivity contribution in [2.45, 2.75) is 13.8 Å². The third-order valence-corrected chi connectivity index (χ3v) is 3.63. The molecular formula is C13H25N3O4. The molecule has 1 saturated heterocycles. The Morgan fingerprint density at radius 3 is 2.30 bits per heavy atom. The first-order valence-corrected chi connectivity index (χ1v) is 7.09. The Bertz CT molecular complexity index is 330. The maximum Gasteiger partial charge on any atom is 0.320 e. The van der Waals surface area contributed by atoms with E-state index in [0.29, 0.717) is 26.2 Å². The van der Waals surface area contributed by atoms with Gasteiger partial charge in [-0.25, -0.2) is 4.79 Å². The van der Waals surface area contributed by atoms with E-state index in [0.717, 1.165) is 13.1 Å². The van der Waals surface area contributed by atoms with Crippen molar-refractivity contribution < 1.29 is 19.8 Å². The quantitative estimate of drug-likeness (QED) is 0.704. The smallest absolute Gasteiger partial charge is 0.320 e. The molecule has 2 amide bonds. The van der Waals surface area contributed by atoms with Crippen LogP contribution in [0.3, 0.4) is 0 Å². The van der Waals surface area contributed by atoms with Crippen LogP contribution in [0.1, 0.15) is 13.8 Å². The van der Waals surface area contributed by atoms with Gasteiger partial charge in [0.1, 0.15) is 0 Å². The fourth-order valence-corrected chi connectivity index (χ4v) is 2.26. The highest BCUT2D eigenvalue weighted by Crippen LogP contribution is 2.08. The number of carbonyl (C=O) groups is 2. The minimum atomic E-state index is -0.885. The largest absolute Gasteiger partial charge is 0.481 e. The number of carboxylic acid groups (broad SMARTS) is 1. The Hall–Kier alpha value is -1.34. The molecule has 0 spiro atoms. The Labute approximate surface area is 119 Å². The summed E-state index contributed by atoms with van der Waals surface area (Å²) in [5.74, 6) is -1.45. The van der Waals surface area contributed by atoms with Gasteiger partial charge in [0.05, 0.1) is 12.5 Å². The summed E-state index contributed by atoms with van der Waals surface area (Å²) in [7, 11) is 0. The lowest BCUT2D eigenvalue weighted by atomic mass is 10.2. The molecule has 0 aromatic rings. The van der Waals surface area contributed by atoms with E-state index in [4.69, 9.17) is 10.2 Å². The second-order valence-electron chi connectivity index (χ2n) is 5.11. The first kappa shape index (κ1) is 16.7. The standard InChI is InChI=1S/C13H25N3O4/c1-3-15(10-11(2)12(18)19)13(20)16-6-4-14(5-7-16)8-9-17/h11,17H,3-10H2,1-2H3,(H,18,19). The van der Waals surface area contributed by atoms with Gasteiger partial charge in [-0.15, -0.1) is 0 Å². The van der Waals surface area contributed by atoms with Crippen molar-refractivity contribution in [1.82, 2.24) is 14.7 Å². The van der Waals surface area contributed by atoms with Crippen molar-refractivity contribution in [2.24, 2.45) is 5.92 Å². The fourth-order valence-electron chi connectivity index (χ4n) is 2.26. The Kier molecular flexibility index (Phi) is 6.74. The number of carbonyl (C=O) groups excluding carboxylic acids is 1. The lowest BCUT2D eigenvalue weighted by Gasteiger charge is -2.37. The third kappa shape index (κ3) is 4.64. The van der Waals surface area contributed by atoms with E-state index in [9.17, 15) is 9.59 Å². The number of amides is 2. The maximum absolute atomic E-state index is 12.3. The highest BCUT2D eigenvalue weighted by atomic mass is 16.4. The number of piperazine rings is 1. The van der Waals surface area contributed by atoms with Crippen LogP contribution in [0, 0.1) is 5.92 Å². The van der Waals surface area contributed by atoms with Crippen molar-refractivity contribution in [3.05, 3.63) is 0 Å². The molecule has 1 rings (SSSR count). The lowest BCUT2D eigenvalue weighted by molar-refractivity contribution is -0.141. The van der Waals surface area contributed by atoms with Crippen LogP contribution in [0.25, 0.3) is 0 Å². The van der Waals surface area contributed by atoms with Gasteiger partial charge < -0.3 is 20.0 Å². The van der Waals surface area contributed by atoms with E-state index < -0.39 is 11.9 Å². The Morgan fingerprint density at radius 1 is 1.25 bits per heavy atom. The molecule has 0 radical (unpaired) electrons. The zero-order chi connectivity index (χ0) is 15.1. The molecule has 116 valence electrons. The molecule has 0 bridgehead atoms. The van der Waals surface area contributed by atoms with Gasteiger partial charge in [0.25, 0.3) is 0 Å². The number of β-amino-alcohol motifs (C(OH)–C–C–N with tert-alkyl or cyclic N) is 1. The molecule has 1 aliphatic rings. The fraction of sp³-hybridized carbons (Fsp3) is 0.846. The number of aliphatic hydroxyl groups is 1. The van der Waals surface area contributed by atoms with Gasteiger partial charge in [-0.2, -0.15) is 0 Å². The van der Waals surface area contributed by atoms with Crippen molar-refractivity contribution >= 4 is 12.0 Å². The SMILES string of the molecule is CCN(CC(C)C(=O)O)C(=O)N1CCN(CCO)CC1. The molecule has 2 N–H and O–H groups in total. The van der Waals surface area contributed by atoms with E-state index in [2.05, 4.69) is 4.90 Å². The van der Waals surface area contributed by atoms with Crippen LogP contribution in [0.4, 0.5) is 4.79 Å². The van der Waals surface area contributed by atoms with E-state index in [1.807, 2.05) is 6.92 Å². The molecule has 1 atom stereocenters. The average Bonchev–Trinajstić information content (AvgIpc) is 2.44. The van der Waals surface area contributed by atoms with Crippen molar-refractivity contribution in [1.29, 1.82) is 0 Å². The number of nitrogens with zero attached hydrogens (tertiary/aromatic N) is 3. The summed E-state index contributed by atoms with van der Waals surface area (Å²) in [4.78, 5) is 28.7. The molecule has 1 fully saturated rings. The molecule has 0 saturated carbocycles. The Morgan fingerprint density at radius 2 is 1.85 bits per heavy atom. The number of hydrogen-bond acceptors (Lipinski definition) is 4. The number of carboxylic acids is 1. The number of rotatable bonds is 6. The average molecular weight is 287 g/mol. The van der Waals surface area contributed by atoms with Crippen LogP contribution in [0.2, 0.25) is 0 Å². The molecule has 7 nitrogen and oxygen atoms in total. The summed E-state index contributed by atoms with van der Waals surface area (Å²) in [6, 6.07) is -0.0933. The van der Waals surface area contributed by atoms with E-state index in [1.165, 1.54) is 0 Å². The van der Waals surface area contributed by atoms with Crippen LogP contribution in [-0.2, 0) is 4.79 Å². The predicted molar refractivity (Wildman–Crippen MR) is 74.5 cm³/mol. The number of aliphatic carboxylic acids is 1. The zero-order valence-electron chi connectivity index (χ0n) is 12.3. The van der Waals surface area contributed by atoms with Gasteiger partial charge in [-0.3, -0.25) is 9.69 Å². The molecule has 0 aliphatic carbocycles. The summed E-state index contributed by atoms with van der Waals surface area (Å²) < 4.78 is 0. The van der Waals surface area contributed by atoms with Gasteiger partial charge >= 0.3 is 12.0 Å². The lowest BCUT2D eigenvalue weighted by Crippen LogP contribution is -2.54. The van der Waals surface area contributed by atoms with Crippen LogP contribution in [-0.4, -0.2) is 89.3 Å². The molecule has 1 unspecified atom stereocenters. The summed E-state index contributed by atoms with van der Waals surface area (Å²) in [6.45, 7) is 7.71. The highest BCUT2D eigenvalue weighted by molar-refractivity contribution is 5.76. The second kappa shape index (κ2) is 8.06. The molecular weight excluding hydrogens is 262 g/mol. The van der Waals surface area contributed by atoms with Crippen LogP contribution >= 0.6 is 0 Å². The minimum absolute atomic E-state index is 0.0933. The van der Waals surface area contributed by atoms with Crippen LogP contribution in [0.15, 0.2) is 0 Å². The van der Waals surface area contributed by atoms with E-state index in [1.54, 1.807) is 16.7 Å². The van der Waals surface area contributed by atoms with Crippen molar-refractivity contribution in [3.8, 4) is 0 Å². The van der Waals surface area contributed by atoms with Gasteiger partial charge in [0.15, 0.2) is 0 Å². The Balaban J connectivity index is 2.49. The monoisotopic (exact) mass is 287 g/mol. The summed E-state index contributed by atoms with van der Waals surface area (Å²) in [6.07, 6.45) is 0. The maximum atomic E-state index is 12.3. The van der Waals surface area contributed by atoms with Crippen LogP contribution < -0.4 is 0 Å². The highest BCUT2D eigenvalue weighted by Gasteiger charge is 2.26. The molecule has 20 heavy (non-hydrogen) atoms. The molecule has 7 heteroatoms. The number of urea groups is 1. The summed E-state index contributed by atoms with van der Waals surface area (Å²) in [5, 5.41) is 17.8. The predicted octanol–water partition coefficient (Wildman–Crippen LogP) is -0.241. The van der Waals surface area contributed by atoms with Crippen LogP contribution in [0.5, 0.6) is 0 Å². The topological polar surface area (TPSA) is 84.3 Å².